The fourth-order valence-electron chi connectivity index (χ4n) is 1.58. The second-order valence-electron chi connectivity index (χ2n) is 3.92. The van der Waals surface area contributed by atoms with Gasteiger partial charge in [-0.3, -0.25) is 0 Å². The Morgan fingerprint density at radius 1 is 1.06 bits per heavy atom. The summed E-state index contributed by atoms with van der Waals surface area (Å²) in [6.07, 6.45) is -4.41. The summed E-state index contributed by atoms with van der Waals surface area (Å²) in [6, 6.07) is 7.16. The SMILES string of the molecule is Cc1ccc(-c2nc(C(F)(F)F)c(C)[nH]2)cc1. The number of imidazole rings is 1. The third kappa shape index (κ3) is 2.33. The number of rotatable bonds is 1. The van der Waals surface area contributed by atoms with Gasteiger partial charge in [0.2, 0.25) is 0 Å². The highest BCUT2D eigenvalue weighted by molar-refractivity contribution is 5.56. The molecule has 17 heavy (non-hydrogen) atoms. The lowest BCUT2D eigenvalue weighted by Gasteiger charge is -2.01. The predicted molar refractivity (Wildman–Crippen MR) is 58.5 cm³/mol. The Kier molecular flexibility index (Phi) is 2.69. The monoisotopic (exact) mass is 240 g/mol. The molecule has 2 rings (SSSR count). The number of aromatic amines is 1. The van der Waals surface area contributed by atoms with Crippen molar-refractivity contribution in [3.8, 4) is 11.4 Å². The number of hydrogen-bond donors (Lipinski definition) is 1. The molecule has 0 fully saturated rings. The molecule has 2 aromatic rings. The van der Waals surface area contributed by atoms with E-state index in [0.29, 0.717) is 5.56 Å². The lowest BCUT2D eigenvalue weighted by molar-refractivity contribution is -0.141. The van der Waals surface area contributed by atoms with Crippen LogP contribution in [0.25, 0.3) is 11.4 Å². The Morgan fingerprint density at radius 3 is 2.12 bits per heavy atom. The molecule has 0 aliphatic heterocycles. The van der Waals surface area contributed by atoms with E-state index < -0.39 is 11.9 Å². The molecule has 5 heteroatoms. The van der Waals surface area contributed by atoms with Gasteiger partial charge in [-0.2, -0.15) is 13.2 Å². The summed E-state index contributed by atoms with van der Waals surface area (Å²) in [6.45, 7) is 3.28. The molecule has 0 unspecified atom stereocenters. The standard InChI is InChI=1S/C12H11F3N2/c1-7-3-5-9(6-4-7)11-16-8(2)10(17-11)12(13,14)15/h3-6H,1-2H3,(H,16,17). The summed E-state index contributed by atoms with van der Waals surface area (Å²) in [5.41, 5.74) is 0.878. The molecule has 1 aromatic carbocycles. The van der Waals surface area contributed by atoms with E-state index in [9.17, 15) is 13.2 Å². The van der Waals surface area contributed by atoms with Crippen molar-refractivity contribution in [2.24, 2.45) is 0 Å². The van der Waals surface area contributed by atoms with Crippen molar-refractivity contribution in [2.45, 2.75) is 20.0 Å². The topological polar surface area (TPSA) is 28.7 Å². The van der Waals surface area contributed by atoms with E-state index in [0.717, 1.165) is 5.56 Å². The van der Waals surface area contributed by atoms with Gasteiger partial charge in [-0.15, -0.1) is 0 Å². The number of halogens is 3. The molecule has 0 atom stereocenters. The number of benzene rings is 1. The molecule has 1 heterocycles. The number of aromatic nitrogens is 2. The first-order valence-electron chi connectivity index (χ1n) is 5.09. The molecular formula is C12H11F3N2. The summed E-state index contributed by atoms with van der Waals surface area (Å²) >= 11 is 0. The van der Waals surface area contributed by atoms with Gasteiger partial charge < -0.3 is 4.98 Å². The quantitative estimate of drug-likeness (QED) is 0.808. The molecule has 0 radical (unpaired) electrons. The van der Waals surface area contributed by atoms with Crippen LogP contribution >= 0.6 is 0 Å². The van der Waals surface area contributed by atoms with E-state index in [2.05, 4.69) is 9.97 Å². The first-order chi connectivity index (χ1) is 7.88. The minimum Gasteiger partial charge on any atom is -0.342 e. The molecule has 2 nitrogen and oxygen atoms in total. The molecule has 0 aliphatic rings. The third-order valence-electron chi connectivity index (χ3n) is 2.48. The number of aryl methyl sites for hydroxylation is 2. The average molecular weight is 240 g/mol. The molecule has 0 saturated heterocycles. The highest BCUT2D eigenvalue weighted by atomic mass is 19.4. The minimum atomic E-state index is -4.41. The van der Waals surface area contributed by atoms with Crippen molar-refractivity contribution >= 4 is 0 Å². The summed E-state index contributed by atoms with van der Waals surface area (Å²) in [4.78, 5) is 6.26. The van der Waals surface area contributed by atoms with Crippen LogP contribution in [0.15, 0.2) is 24.3 Å². The molecule has 0 bridgehead atoms. The molecular weight excluding hydrogens is 229 g/mol. The van der Waals surface area contributed by atoms with Crippen molar-refractivity contribution in [1.82, 2.24) is 9.97 Å². The van der Waals surface area contributed by atoms with Crippen LogP contribution in [0, 0.1) is 13.8 Å². The second-order valence-corrected chi connectivity index (χ2v) is 3.92. The Labute approximate surface area is 96.5 Å². The lowest BCUT2D eigenvalue weighted by Crippen LogP contribution is -2.07. The van der Waals surface area contributed by atoms with Gasteiger partial charge in [-0.25, -0.2) is 4.98 Å². The fourth-order valence-corrected chi connectivity index (χ4v) is 1.58. The van der Waals surface area contributed by atoms with Crippen molar-refractivity contribution < 1.29 is 13.2 Å². The highest BCUT2D eigenvalue weighted by Crippen LogP contribution is 2.31. The van der Waals surface area contributed by atoms with Crippen LogP contribution in [0.4, 0.5) is 13.2 Å². The molecule has 1 aromatic heterocycles. The zero-order valence-corrected chi connectivity index (χ0v) is 9.39. The zero-order valence-electron chi connectivity index (χ0n) is 9.39. The van der Waals surface area contributed by atoms with Gasteiger partial charge >= 0.3 is 6.18 Å². The van der Waals surface area contributed by atoms with Gasteiger partial charge in [0.15, 0.2) is 5.69 Å². The van der Waals surface area contributed by atoms with Crippen molar-refractivity contribution in [3.05, 3.63) is 41.2 Å². The minimum absolute atomic E-state index is 0.0353. The van der Waals surface area contributed by atoms with E-state index in [-0.39, 0.29) is 11.5 Å². The van der Waals surface area contributed by atoms with Crippen molar-refractivity contribution in [1.29, 1.82) is 0 Å². The van der Waals surface area contributed by atoms with Crippen LogP contribution in [0.1, 0.15) is 17.0 Å². The van der Waals surface area contributed by atoms with Crippen LogP contribution < -0.4 is 0 Å². The van der Waals surface area contributed by atoms with Gasteiger partial charge in [0.1, 0.15) is 5.82 Å². The molecule has 0 amide bonds. The number of nitrogens with one attached hydrogen (secondary N) is 1. The molecule has 0 saturated carbocycles. The molecule has 90 valence electrons. The number of hydrogen-bond acceptors (Lipinski definition) is 1. The van der Waals surface area contributed by atoms with Gasteiger partial charge in [-0.05, 0) is 13.8 Å². The Balaban J connectivity index is 2.45. The van der Waals surface area contributed by atoms with Gasteiger partial charge in [0.05, 0.1) is 0 Å². The van der Waals surface area contributed by atoms with E-state index >= 15 is 0 Å². The molecule has 1 N–H and O–H groups in total. The van der Waals surface area contributed by atoms with Gasteiger partial charge in [0, 0.05) is 11.3 Å². The highest BCUT2D eigenvalue weighted by Gasteiger charge is 2.36. The Hall–Kier alpha value is -1.78. The molecule has 0 aliphatic carbocycles. The summed E-state index contributed by atoms with van der Waals surface area (Å²) in [5, 5.41) is 0. The third-order valence-corrected chi connectivity index (χ3v) is 2.48. The maximum atomic E-state index is 12.6. The van der Waals surface area contributed by atoms with Crippen LogP contribution in [-0.2, 0) is 6.18 Å². The average Bonchev–Trinajstić information content (AvgIpc) is 2.61. The predicted octanol–water partition coefficient (Wildman–Crippen LogP) is 3.71. The maximum Gasteiger partial charge on any atom is 0.435 e. The summed E-state index contributed by atoms with van der Waals surface area (Å²) in [5.74, 6) is 0.245. The number of H-pyrrole nitrogens is 1. The van der Waals surface area contributed by atoms with Crippen LogP contribution in [-0.4, -0.2) is 9.97 Å². The second kappa shape index (κ2) is 3.91. The van der Waals surface area contributed by atoms with E-state index in [1.54, 1.807) is 12.1 Å². The van der Waals surface area contributed by atoms with Crippen LogP contribution in [0.5, 0.6) is 0 Å². The van der Waals surface area contributed by atoms with E-state index in [1.165, 1.54) is 6.92 Å². The fraction of sp³-hybridized carbons (Fsp3) is 0.250. The first-order valence-corrected chi connectivity index (χ1v) is 5.09. The van der Waals surface area contributed by atoms with Gasteiger partial charge in [0.25, 0.3) is 0 Å². The van der Waals surface area contributed by atoms with E-state index in [1.807, 2.05) is 19.1 Å². The van der Waals surface area contributed by atoms with Crippen molar-refractivity contribution in [2.75, 3.05) is 0 Å². The van der Waals surface area contributed by atoms with Gasteiger partial charge in [-0.1, -0.05) is 29.8 Å². The summed E-state index contributed by atoms with van der Waals surface area (Å²) < 4.78 is 37.7. The molecule has 0 spiro atoms. The van der Waals surface area contributed by atoms with Crippen LogP contribution in [0.2, 0.25) is 0 Å². The lowest BCUT2D eigenvalue weighted by atomic mass is 10.1. The Bertz CT molecular complexity index is 524. The summed E-state index contributed by atoms with van der Waals surface area (Å²) in [7, 11) is 0. The Morgan fingerprint density at radius 2 is 1.65 bits per heavy atom. The number of nitrogens with zero attached hydrogens (tertiary/aromatic N) is 1. The number of alkyl halides is 3. The largest absolute Gasteiger partial charge is 0.435 e. The zero-order chi connectivity index (χ0) is 12.6. The maximum absolute atomic E-state index is 12.6. The van der Waals surface area contributed by atoms with E-state index in [4.69, 9.17) is 0 Å². The van der Waals surface area contributed by atoms with Crippen molar-refractivity contribution in [3.63, 3.8) is 0 Å². The van der Waals surface area contributed by atoms with Crippen LogP contribution in [0.3, 0.4) is 0 Å². The normalized spacial score (nSPS) is 11.8. The smallest absolute Gasteiger partial charge is 0.342 e. The first kappa shape index (κ1) is 11.7.